The number of carbonyl (C=O) groups excluding carboxylic acids is 1. The van der Waals surface area contributed by atoms with E-state index in [-0.39, 0.29) is 10.9 Å². The summed E-state index contributed by atoms with van der Waals surface area (Å²) in [5.74, 6) is -0.777. The topological polar surface area (TPSA) is 56.7 Å². The summed E-state index contributed by atoms with van der Waals surface area (Å²) in [5, 5.41) is 9.03. The highest BCUT2D eigenvalue weighted by Crippen LogP contribution is 2.28. The molecule has 98 valence electrons. The number of aliphatic hydroxyl groups is 1. The van der Waals surface area contributed by atoms with Crippen LogP contribution < -0.4 is 4.90 Å². The first-order valence-electron chi connectivity index (χ1n) is 5.56. The molecule has 1 amide bonds. The van der Waals surface area contributed by atoms with E-state index in [2.05, 4.69) is 4.98 Å². The molecule has 1 N–H and O–H groups in total. The zero-order valence-corrected chi connectivity index (χ0v) is 10.4. The Morgan fingerprint density at radius 2 is 2.06 bits per heavy atom. The van der Waals surface area contributed by atoms with Crippen molar-refractivity contribution >= 4 is 23.2 Å². The Hall–Kier alpha value is -1.40. The molecule has 0 saturated carbocycles. The van der Waals surface area contributed by atoms with Gasteiger partial charge in [0.1, 0.15) is 6.61 Å². The van der Waals surface area contributed by atoms with Crippen LogP contribution in [0.2, 0.25) is 5.02 Å². The number of amides is 1. The summed E-state index contributed by atoms with van der Waals surface area (Å²) in [7, 11) is 0. The van der Waals surface area contributed by atoms with E-state index >= 15 is 0 Å². The first-order valence-corrected chi connectivity index (χ1v) is 5.94. The van der Waals surface area contributed by atoms with E-state index in [0.717, 1.165) is 6.20 Å². The number of hydrogen-bond acceptors (Lipinski definition) is 4. The van der Waals surface area contributed by atoms with Crippen molar-refractivity contribution in [3.63, 3.8) is 0 Å². The van der Waals surface area contributed by atoms with Crippen LogP contribution in [-0.2, 0) is 4.79 Å². The normalized spacial score (nSPS) is 15.9. The summed E-state index contributed by atoms with van der Waals surface area (Å²) >= 11 is 5.92. The fourth-order valence-corrected chi connectivity index (χ4v) is 2.25. The molecule has 1 aliphatic heterocycles. The number of carbonyl (C=O) groups is 1. The predicted octanol–water partition coefficient (Wildman–Crippen LogP) is 0.515. The van der Waals surface area contributed by atoms with Crippen molar-refractivity contribution in [3.05, 3.63) is 23.2 Å². The maximum absolute atomic E-state index is 13.6. The molecule has 0 radical (unpaired) electrons. The van der Waals surface area contributed by atoms with Crippen LogP contribution in [0.5, 0.6) is 0 Å². The highest BCUT2D eigenvalue weighted by atomic mass is 35.5. The van der Waals surface area contributed by atoms with Crippen LogP contribution in [0, 0.1) is 5.82 Å². The third kappa shape index (κ3) is 2.54. The minimum Gasteiger partial charge on any atom is -0.387 e. The van der Waals surface area contributed by atoms with E-state index in [1.807, 2.05) is 0 Å². The number of halogens is 2. The lowest BCUT2D eigenvalue weighted by Gasteiger charge is -2.36. The van der Waals surface area contributed by atoms with Crippen molar-refractivity contribution in [1.29, 1.82) is 0 Å². The van der Waals surface area contributed by atoms with Crippen LogP contribution in [-0.4, -0.2) is 53.7 Å². The van der Waals surface area contributed by atoms with Gasteiger partial charge in [-0.2, -0.15) is 0 Å². The van der Waals surface area contributed by atoms with E-state index in [9.17, 15) is 9.18 Å². The van der Waals surface area contributed by atoms with Gasteiger partial charge in [0.25, 0.3) is 0 Å². The quantitative estimate of drug-likeness (QED) is 0.853. The molecule has 1 aromatic heterocycles. The Bertz CT molecular complexity index is 430. The zero-order chi connectivity index (χ0) is 13.1. The summed E-state index contributed by atoms with van der Waals surface area (Å²) in [6.45, 7) is 1.35. The minimum absolute atomic E-state index is 0.261. The van der Waals surface area contributed by atoms with Gasteiger partial charge >= 0.3 is 0 Å². The van der Waals surface area contributed by atoms with Gasteiger partial charge in [0, 0.05) is 32.4 Å². The molecule has 0 unspecified atom stereocenters. The van der Waals surface area contributed by atoms with Crippen LogP contribution >= 0.6 is 11.6 Å². The molecule has 2 rings (SSSR count). The molecule has 2 heterocycles. The molecule has 1 fully saturated rings. The zero-order valence-electron chi connectivity index (χ0n) is 9.64. The first kappa shape index (κ1) is 13.0. The second kappa shape index (κ2) is 5.49. The second-order valence-corrected chi connectivity index (χ2v) is 4.38. The van der Waals surface area contributed by atoms with E-state index in [0.29, 0.717) is 31.9 Å². The number of piperazine rings is 1. The molecule has 1 aromatic rings. The van der Waals surface area contributed by atoms with Gasteiger partial charge in [-0.25, -0.2) is 4.39 Å². The molecular weight excluding hydrogens is 261 g/mol. The number of nitrogens with zero attached hydrogens (tertiary/aromatic N) is 3. The molecular formula is C11H13ClFN3O2. The molecule has 1 aliphatic rings. The van der Waals surface area contributed by atoms with Gasteiger partial charge < -0.3 is 14.9 Å². The van der Waals surface area contributed by atoms with Crippen LogP contribution in [0.4, 0.5) is 10.1 Å². The summed E-state index contributed by atoms with van der Waals surface area (Å²) in [6.07, 6.45) is 2.51. The summed E-state index contributed by atoms with van der Waals surface area (Å²) in [4.78, 5) is 18.3. The smallest absolute Gasteiger partial charge is 0.248 e. The van der Waals surface area contributed by atoms with Crippen LogP contribution in [0.1, 0.15) is 0 Å². The summed E-state index contributed by atoms with van der Waals surface area (Å²) in [5.41, 5.74) is 0.322. The third-order valence-corrected chi connectivity index (χ3v) is 3.19. The van der Waals surface area contributed by atoms with Crippen molar-refractivity contribution < 1.29 is 14.3 Å². The molecule has 5 nitrogen and oxygen atoms in total. The highest BCUT2D eigenvalue weighted by Gasteiger charge is 2.23. The number of anilines is 1. The van der Waals surface area contributed by atoms with Crippen molar-refractivity contribution in [3.8, 4) is 0 Å². The molecule has 1 saturated heterocycles. The van der Waals surface area contributed by atoms with E-state index < -0.39 is 12.4 Å². The van der Waals surface area contributed by atoms with Gasteiger partial charge in [0.2, 0.25) is 5.91 Å². The largest absolute Gasteiger partial charge is 0.387 e. The van der Waals surface area contributed by atoms with Gasteiger partial charge in [0.05, 0.1) is 16.9 Å². The third-order valence-electron chi connectivity index (χ3n) is 2.91. The number of pyridine rings is 1. The van der Waals surface area contributed by atoms with E-state index in [1.54, 1.807) is 9.80 Å². The van der Waals surface area contributed by atoms with Gasteiger partial charge in [-0.15, -0.1) is 0 Å². The first-order chi connectivity index (χ1) is 8.63. The number of aliphatic hydroxyl groups excluding tert-OH is 1. The van der Waals surface area contributed by atoms with Crippen molar-refractivity contribution in [2.24, 2.45) is 0 Å². The lowest BCUT2D eigenvalue weighted by Crippen LogP contribution is -2.49. The fraction of sp³-hybridized carbons (Fsp3) is 0.455. The highest BCUT2D eigenvalue weighted by molar-refractivity contribution is 6.33. The lowest BCUT2D eigenvalue weighted by molar-refractivity contribution is -0.134. The SMILES string of the molecule is O=C(CO)N1CCN(c2c(F)cncc2Cl)CC1. The Kier molecular flexibility index (Phi) is 3.98. The van der Waals surface area contributed by atoms with Crippen molar-refractivity contribution in [2.45, 2.75) is 0 Å². The molecule has 0 aliphatic carbocycles. The second-order valence-electron chi connectivity index (χ2n) is 3.98. The average molecular weight is 274 g/mol. The van der Waals surface area contributed by atoms with Crippen molar-refractivity contribution in [1.82, 2.24) is 9.88 Å². The van der Waals surface area contributed by atoms with E-state index in [1.165, 1.54) is 6.20 Å². The lowest BCUT2D eigenvalue weighted by atomic mass is 10.2. The molecule has 18 heavy (non-hydrogen) atoms. The standard InChI is InChI=1S/C11H13ClFN3O2/c12-8-5-14-6-9(13)11(8)16-3-1-15(2-4-16)10(18)7-17/h5-6,17H,1-4,7H2. The van der Waals surface area contributed by atoms with Gasteiger partial charge in [0.15, 0.2) is 5.82 Å². The van der Waals surface area contributed by atoms with Crippen LogP contribution in [0.25, 0.3) is 0 Å². The minimum atomic E-state index is -0.496. The Morgan fingerprint density at radius 3 is 2.61 bits per heavy atom. The Balaban J connectivity index is 2.08. The predicted molar refractivity (Wildman–Crippen MR) is 65.1 cm³/mol. The monoisotopic (exact) mass is 273 g/mol. The molecule has 0 spiro atoms. The number of aromatic nitrogens is 1. The molecule has 0 bridgehead atoms. The van der Waals surface area contributed by atoms with Gasteiger partial charge in [-0.3, -0.25) is 9.78 Å². The average Bonchev–Trinajstić information content (AvgIpc) is 2.38. The molecule has 7 heteroatoms. The molecule has 0 aromatic carbocycles. The Morgan fingerprint density at radius 1 is 1.39 bits per heavy atom. The summed E-state index contributed by atoms with van der Waals surface area (Å²) in [6, 6.07) is 0. The van der Waals surface area contributed by atoms with Crippen LogP contribution in [0.15, 0.2) is 12.4 Å². The maximum atomic E-state index is 13.6. The molecule has 0 atom stereocenters. The number of hydrogen-bond donors (Lipinski definition) is 1. The number of rotatable bonds is 2. The Labute approximate surface area is 109 Å². The van der Waals surface area contributed by atoms with Crippen LogP contribution in [0.3, 0.4) is 0 Å². The van der Waals surface area contributed by atoms with Gasteiger partial charge in [-0.05, 0) is 0 Å². The fourth-order valence-electron chi connectivity index (χ4n) is 1.99. The van der Waals surface area contributed by atoms with E-state index in [4.69, 9.17) is 16.7 Å². The van der Waals surface area contributed by atoms with Crippen molar-refractivity contribution in [2.75, 3.05) is 37.7 Å². The van der Waals surface area contributed by atoms with Gasteiger partial charge in [-0.1, -0.05) is 11.6 Å². The summed E-state index contributed by atoms with van der Waals surface area (Å²) < 4.78 is 13.6. The maximum Gasteiger partial charge on any atom is 0.248 e.